The third-order valence-electron chi connectivity index (χ3n) is 2.96. The van der Waals surface area contributed by atoms with Gasteiger partial charge in [0.05, 0.1) is 10.7 Å². The average molecular weight is 286 g/mol. The minimum absolute atomic E-state index is 0.0837. The van der Waals surface area contributed by atoms with E-state index >= 15 is 0 Å². The summed E-state index contributed by atoms with van der Waals surface area (Å²) in [4.78, 5) is 15.8. The zero-order valence-corrected chi connectivity index (χ0v) is 12.6. The lowest BCUT2D eigenvalue weighted by molar-refractivity contribution is -0.117. The van der Waals surface area contributed by atoms with Crippen molar-refractivity contribution in [1.82, 2.24) is 10.3 Å². The number of aromatic nitrogens is 1. The summed E-state index contributed by atoms with van der Waals surface area (Å²) in [7, 11) is 0. The number of amides is 1. The first kappa shape index (κ1) is 14.5. The van der Waals surface area contributed by atoms with Crippen molar-refractivity contribution in [2.24, 2.45) is 0 Å². The van der Waals surface area contributed by atoms with Crippen LogP contribution in [0.5, 0.6) is 0 Å². The van der Waals surface area contributed by atoms with Crippen molar-refractivity contribution < 1.29 is 4.79 Å². The van der Waals surface area contributed by atoms with Crippen LogP contribution in [0, 0.1) is 6.92 Å². The molecule has 0 saturated heterocycles. The summed E-state index contributed by atoms with van der Waals surface area (Å²) in [5, 5.41) is 5.97. The fourth-order valence-electron chi connectivity index (χ4n) is 1.81. The first-order valence-corrected chi connectivity index (χ1v) is 7.39. The Labute approximate surface area is 123 Å². The van der Waals surface area contributed by atoms with Gasteiger partial charge in [-0.25, -0.2) is 4.98 Å². The van der Waals surface area contributed by atoms with Crippen molar-refractivity contribution in [3.8, 4) is 11.3 Å². The Hall–Kier alpha value is -1.94. The van der Waals surface area contributed by atoms with E-state index in [9.17, 15) is 4.79 Å². The molecule has 0 aliphatic rings. The van der Waals surface area contributed by atoms with E-state index in [-0.39, 0.29) is 5.91 Å². The lowest BCUT2D eigenvalue weighted by Gasteiger charge is -2.05. The van der Waals surface area contributed by atoms with Gasteiger partial charge in [-0.3, -0.25) is 4.79 Å². The van der Waals surface area contributed by atoms with Gasteiger partial charge in [0.2, 0.25) is 5.91 Å². The highest BCUT2D eigenvalue weighted by atomic mass is 32.1. The van der Waals surface area contributed by atoms with Gasteiger partial charge in [0.25, 0.3) is 0 Å². The Morgan fingerprint density at radius 1 is 1.35 bits per heavy atom. The van der Waals surface area contributed by atoms with E-state index < -0.39 is 0 Å². The molecule has 0 aliphatic carbocycles. The Balaban J connectivity index is 1.92. The van der Waals surface area contributed by atoms with Crippen LogP contribution in [0.2, 0.25) is 0 Å². The van der Waals surface area contributed by atoms with Crippen molar-refractivity contribution in [2.45, 2.75) is 20.3 Å². The third kappa shape index (κ3) is 3.78. The molecular formula is C16H18N2OS. The highest BCUT2D eigenvalue weighted by molar-refractivity contribution is 7.09. The van der Waals surface area contributed by atoms with Gasteiger partial charge in [-0.1, -0.05) is 30.8 Å². The quantitative estimate of drug-likeness (QED) is 0.856. The molecule has 0 radical (unpaired) electrons. The number of thiazole rings is 1. The number of carbonyl (C=O) groups excluding carboxylic acids is 1. The molecule has 3 nitrogen and oxygen atoms in total. The van der Waals surface area contributed by atoms with Crippen LogP contribution in [0.4, 0.5) is 0 Å². The molecule has 20 heavy (non-hydrogen) atoms. The maximum absolute atomic E-state index is 11.4. The Kier molecular flexibility index (Phi) is 4.69. The lowest BCUT2D eigenvalue weighted by Crippen LogP contribution is -2.25. The highest BCUT2D eigenvalue weighted by Crippen LogP contribution is 2.21. The van der Waals surface area contributed by atoms with Crippen molar-refractivity contribution >= 4 is 17.2 Å². The van der Waals surface area contributed by atoms with E-state index in [0.717, 1.165) is 22.7 Å². The smallest absolute Gasteiger partial charge is 0.246 e. The summed E-state index contributed by atoms with van der Waals surface area (Å²) < 4.78 is 0. The van der Waals surface area contributed by atoms with Gasteiger partial charge in [-0.05, 0) is 25.8 Å². The van der Waals surface area contributed by atoms with E-state index in [2.05, 4.69) is 46.5 Å². The lowest BCUT2D eigenvalue weighted by atomic mass is 10.1. The molecule has 1 amide bonds. The monoisotopic (exact) mass is 286 g/mol. The molecule has 1 heterocycles. The molecular weight excluding hydrogens is 268 g/mol. The third-order valence-corrected chi connectivity index (χ3v) is 3.73. The number of nitrogens with zero attached hydrogens (tertiary/aromatic N) is 1. The molecule has 0 fully saturated rings. The van der Waals surface area contributed by atoms with Crippen LogP contribution in [-0.2, 0) is 11.2 Å². The number of nitrogens with one attached hydrogen (secondary N) is 1. The summed E-state index contributed by atoms with van der Waals surface area (Å²) in [5.41, 5.74) is 3.89. The highest BCUT2D eigenvalue weighted by Gasteiger charge is 2.03. The van der Waals surface area contributed by atoms with Crippen molar-refractivity contribution in [3.05, 3.63) is 52.4 Å². The molecule has 2 rings (SSSR count). The second kappa shape index (κ2) is 6.48. The molecule has 0 unspecified atom stereocenters. The molecule has 1 N–H and O–H groups in total. The summed E-state index contributed by atoms with van der Waals surface area (Å²) in [6.45, 7) is 7.95. The second-order valence-corrected chi connectivity index (χ2v) is 5.80. The first-order chi connectivity index (χ1) is 9.56. The maximum Gasteiger partial charge on any atom is 0.246 e. The number of carbonyl (C=O) groups is 1. The number of aryl methyl sites for hydroxylation is 1. The van der Waals surface area contributed by atoms with E-state index in [1.807, 2.05) is 6.92 Å². The molecule has 1 aromatic carbocycles. The summed E-state index contributed by atoms with van der Waals surface area (Å²) >= 11 is 1.66. The Bertz CT molecular complexity index is 614. The number of hydrogen-bond donors (Lipinski definition) is 1. The van der Waals surface area contributed by atoms with E-state index in [1.165, 1.54) is 5.56 Å². The topological polar surface area (TPSA) is 42.0 Å². The fourth-order valence-corrected chi connectivity index (χ4v) is 2.43. The fraction of sp³-hybridized carbons (Fsp3) is 0.250. The summed E-state index contributed by atoms with van der Waals surface area (Å²) in [5.74, 6) is -0.0837. The minimum Gasteiger partial charge on any atom is -0.352 e. The van der Waals surface area contributed by atoms with Crippen LogP contribution in [0.1, 0.15) is 17.5 Å². The zero-order chi connectivity index (χ0) is 14.5. The molecule has 0 atom stereocenters. The van der Waals surface area contributed by atoms with Gasteiger partial charge in [0, 0.05) is 23.1 Å². The Morgan fingerprint density at radius 3 is 2.60 bits per heavy atom. The predicted octanol–water partition coefficient (Wildman–Crippen LogP) is 3.35. The van der Waals surface area contributed by atoms with Gasteiger partial charge in [0.1, 0.15) is 0 Å². The normalized spacial score (nSPS) is 10.3. The maximum atomic E-state index is 11.4. The van der Waals surface area contributed by atoms with Crippen LogP contribution in [-0.4, -0.2) is 17.4 Å². The van der Waals surface area contributed by atoms with Crippen molar-refractivity contribution in [1.29, 1.82) is 0 Å². The van der Waals surface area contributed by atoms with Crippen LogP contribution < -0.4 is 5.32 Å². The van der Waals surface area contributed by atoms with E-state index in [0.29, 0.717) is 12.1 Å². The van der Waals surface area contributed by atoms with Crippen LogP contribution in [0.15, 0.2) is 41.8 Å². The van der Waals surface area contributed by atoms with Crippen molar-refractivity contribution in [3.63, 3.8) is 0 Å². The average Bonchev–Trinajstić information content (AvgIpc) is 2.86. The number of rotatable bonds is 5. The van der Waals surface area contributed by atoms with Gasteiger partial charge in [0.15, 0.2) is 0 Å². The van der Waals surface area contributed by atoms with Gasteiger partial charge in [-0.2, -0.15) is 0 Å². The molecule has 2 aromatic rings. The van der Waals surface area contributed by atoms with Gasteiger partial charge < -0.3 is 5.32 Å². The van der Waals surface area contributed by atoms with E-state index in [1.54, 1.807) is 18.3 Å². The number of benzene rings is 1. The SMILES string of the molecule is C=C(C)C(=O)NCCc1ccc(-c2csc(C)n2)cc1. The second-order valence-electron chi connectivity index (χ2n) is 4.73. The zero-order valence-electron chi connectivity index (χ0n) is 11.8. The van der Waals surface area contributed by atoms with Gasteiger partial charge in [-0.15, -0.1) is 11.3 Å². The van der Waals surface area contributed by atoms with Crippen LogP contribution in [0.3, 0.4) is 0 Å². The number of hydrogen-bond acceptors (Lipinski definition) is 3. The van der Waals surface area contributed by atoms with E-state index in [4.69, 9.17) is 0 Å². The summed E-state index contributed by atoms with van der Waals surface area (Å²) in [6.07, 6.45) is 0.815. The van der Waals surface area contributed by atoms with Crippen LogP contribution in [0.25, 0.3) is 11.3 Å². The Morgan fingerprint density at radius 2 is 2.05 bits per heavy atom. The first-order valence-electron chi connectivity index (χ1n) is 6.51. The molecule has 0 bridgehead atoms. The predicted molar refractivity (Wildman–Crippen MR) is 83.8 cm³/mol. The standard InChI is InChI=1S/C16H18N2OS/c1-11(2)16(19)17-9-8-13-4-6-14(7-5-13)15-10-20-12(3)18-15/h4-7,10H,1,8-9H2,2-3H3,(H,17,19). The van der Waals surface area contributed by atoms with Crippen LogP contribution >= 0.6 is 11.3 Å². The molecule has 104 valence electrons. The molecule has 1 aromatic heterocycles. The molecule has 0 aliphatic heterocycles. The van der Waals surface area contributed by atoms with Crippen molar-refractivity contribution in [2.75, 3.05) is 6.54 Å². The largest absolute Gasteiger partial charge is 0.352 e. The molecule has 0 spiro atoms. The molecule has 4 heteroatoms. The minimum atomic E-state index is -0.0837. The summed E-state index contributed by atoms with van der Waals surface area (Å²) in [6, 6.07) is 8.31. The van der Waals surface area contributed by atoms with Gasteiger partial charge >= 0.3 is 0 Å². The molecule has 0 saturated carbocycles.